The second-order valence-corrected chi connectivity index (χ2v) is 10.4. The summed E-state index contributed by atoms with van der Waals surface area (Å²) in [6, 6.07) is 2.21. The molecular weight excluding hydrogens is 424 g/mol. The predicted octanol–water partition coefficient (Wildman–Crippen LogP) is 3.10. The Morgan fingerprint density at radius 3 is 2.62 bits per heavy atom. The van der Waals surface area contributed by atoms with Gasteiger partial charge >= 0.3 is 6.03 Å². The number of rotatable bonds is 8. The summed E-state index contributed by atoms with van der Waals surface area (Å²) in [6.07, 6.45) is 6.60. The average molecular weight is 461 g/mol. The monoisotopic (exact) mass is 460 g/mol. The van der Waals surface area contributed by atoms with Crippen LogP contribution in [-0.4, -0.2) is 77.4 Å². The number of carbonyl (C=O) groups is 3. The van der Waals surface area contributed by atoms with E-state index in [0.29, 0.717) is 38.5 Å². The number of likely N-dealkylation sites (tertiary alicyclic amines) is 2. The van der Waals surface area contributed by atoms with Crippen LogP contribution < -0.4 is 5.32 Å². The van der Waals surface area contributed by atoms with E-state index in [1.807, 2.05) is 21.7 Å². The molecule has 0 radical (unpaired) electrons. The van der Waals surface area contributed by atoms with Crippen LogP contribution in [-0.2, 0) is 16.0 Å². The van der Waals surface area contributed by atoms with Crippen LogP contribution in [0.3, 0.4) is 0 Å². The standard InChI is InChI=1S/C24H36N4O3S/c1-3-10-24(19-6-12-27(13-7-19)21(29)16-18-9-15-32-17-18)22(30)28(23(31)25-24)14-8-20-5-4-11-26(20)2/h9,15,17,19-20H,3-8,10-14,16H2,1-2H3,(H,25,31)/t20-,24-/m1/s1. The first-order valence-corrected chi connectivity index (χ1v) is 13.0. The summed E-state index contributed by atoms with van der Waals surface area (Å²) in [5.41, 5.74) is 0.252. The van der Waals surface area contributed by atoms with Gasteiger partial charge in [0, 0.05) is 25.7 Å². The number of urea groups is 1. The van der Waals surface area contributed by atoms with Gasteiger partial charge in [0.05, 0.1) is 6.42 Å². The molecule has 0 bridgehead atoms. The van der Waals surface area contributed by atoms with E-state index in [1.54, 1.807) is 11.3 Å². The predicted molar refractivity (Wildman–Crippen MR) is 125 cm³/mol. The van der Waals surface area contributed by atoms with E-state index in [1.165, 1.54) is 11.3 Å². The Bertz CT molecular complexity index is 821. The van der Waals surface area contributed by atoms with Crippen LogP contribution in [0.2, 0.25) is 0 Å². The molecule has 7 nitrogen and oxygen atoms in total. The van der Waals surface area contributed by atoms with Crippen LogP contribution in [0.1, 0.15) is 57.4 Å². The molecule has 0 spiro atoms. The highest BCUT2D eigenvalue weighted by Crippen LogP contribution is 2.37. The largest absolute Gasteiger partial charge is 0.342 e. The van der Waals surface area contributed by atoms with Gasteiger partial charge in [-0.25, -0.2) is 4.79 Å². The maximum absolute atomic E-state index is 13.6. The highest BCUT2D eigenvalue weighted by molar-refractivity contribution is 7.08. The van der Waals surface area contributed by atoms with Crippen molar-refractivity contribution in [3.63, 3.8) is 0 Å². The van der Waals surface area contributed by atoms with Crippen LogP contribution in [0, 0.1) is 5.92 Å². The topological polar surface area (TPSA) is 73.0 Å². The normalized spacial score (nSPS) is 27.4. The molecule has 176 valence electrons. The Hall–Kier alpha value is -1.93. The van der Waals surface area contributed by atoms with Crippen molar-refractivity contribution in [2.24, 2.45) is 5.92 Å². The first-order valence-electron chi connectivity index (χ1n) is 12.1. The molecule has 3 saturated heterocycles. The van der Waals surface area contributed by atoms with E-state index in [2.05, 4.69) is 24.2 Å². The van der Waals surface area contributed by atoms with E-state index in [9.17, 15) is 14.4 Å². The Morgan fingerprint density at radius 1 is 1.22 bits per heavy atom. The van der Waals surface area contributed by atoms with Crippen LogP contribution in [0.5, 0.6) is 0 Å². The summed E-state index contributed by atoms with van der Waals surface area (Å²) in [7, 11) is 2.12. The fourth-order valence-corrected chi connectivity index (χ4v) is 6.48. The summed E-state index contributed by atoms with van der Waals surface area (Å²) >= 11 is 1.61. The molecule has 0 aromatic carbocycles. The Morgan fingerprint density at radius 2 is 2.00 bits per heavy atom. The second-order valence-electron chi connectivity index (χ2n) is 9.64. The fraction of sp³-hybridized carbons (Fsp3) is 0.708. The average Bonchev–Trinajstić information content (AvgIpc) is 3.49. The first kappa shape index (κ1) is 23.2. The number of thiophene rings is 1. The maximum atomic E-state index is 13.6. The molecule has 3 fully saturated rings. The van der Waals surface area contributed by atoms with Gasteiger partial charge in [-0.05, 0) is 80.4 Å². The van der Waals surface area contributed by atoms with Crippen molar-refractivity contribution in [1.82, 2.24) is 20.0 Å². The SMILES string of the molecule is CCC[C@]1(C2CCN(C(=O)Cc3ccsc3)CC2)NC(=O)N(CC[C@H]2CCCN2C)C1=O. The van der Waals surface area contributed by atoms with Crippen LogP contribution in [0.15, 0.2) is 16.8 Å². The number of nitrogens with one attached hydrogen (secondary N) is 1. The molecule has 8 heteroatoms. The summed E-state index contributed by atoms with van der Waals surface area (Å²) in [4.78, 5) is 44.9. The highest BCUT2D eigenvalue weighted by Gasteiger charge is 2.55. The van der Waals surface area contributed by atoms with Crippen molar-refractivity contribution in [1.29, 1.82) is 0 Å². The molecule has 4 rings (SSSR count). The number of carbonyl (C=O) groups excluding carboxylic acids is 3. The zero-order chi connectivity index (χ0) is 22.7. The minimum atomic E-state index is -0.810. The molecule has 1 aromatic heterocycles. The van der Waals surface area contributed by atoms with Gasteiger partial charge in [-0.15, -0.1) is 0 Å². The minimum Gasteiger partial charge on any atom is -0.342 e. The highest BCUT2D eigenvalue weighted by atomic mass is 32.1. The lowest BCUT2D eigenvalue weighted by molar-refractivity contribution is -0.136. The zero-order valence-corrected chi connectivity index (χ0v) is 20.2. The van der Waals surface area contributed by atoms with Gasteiger partial charge in [0.1, 0.15) is 5.54 Å². The third-order valence-corrected chi connectivity index (χ3v) is 8.42. The van der Waals surface area contributed by atoms with Crippen molar-refractivity contribution < 1.29 is 14.4 Å². The Labute approximate surface area is 195 Å². The molecule has 1 aromatic rings. The summed E-state index contributed by atoms with van der Waals surface area (Å²) in [6.45, 7) is 4.94. The van der Waals surface area contributed by atoms with Crippen LogP contribution >= 0.6 is 11.3 Å². The molecule has 0 unspecified atom stereocenters. The number of hydrogen-bond acceptors (Lipinski definition) is 5. The van der Waals surface area contributed by atoms with Gasteiger partial charge in [0.15, 0.2) is 0 Å². The minimum absolute atomic E-state index is 0.0481. The van der Waals surface area contributed by atoms with E-state index in [-0.39, 0.29) is 23.8 Å². The van der Waals surface area contributed by atoms with E-state index in [0.717, 1.165) is 44.2 Å². The molecule has 4 heterocycles. The maximum Gasteiger partial charge on any atom is 0.325 e. The van der Waals surface area contributed by atoms with Gasteiger partial charge in [-0.1, -0.05) is 13.3 Å². The molecule has 2 atom stereocenters. The molecule has 0 saturated carbocycles. The number of imide groups is 1. The van der Waals surface area contributed by atoms with Gasteiger partial charge in [0.2, 0.25) is 5.91 Å². The van der Waals surface area contributed by atoms with Crippen molar-refractivity contribution in [2.45, 2.75) is 69.9 Å². The lowest BCUT2D eigenvalue weighted by Crippen LogP contribution is -2.56. The summed E-state index contributed by atoms with van der Waals surface area (Å²) < 4.78 is 0. The summed E-state index contributed by atoms with van der Waals surface area (Å²) in [5.74, 6) is 0.173. The van der Waals surface area contributed by atoms with Crippen molar-refractivity contribution in [3.8, 4) is 0 Å². The molecule has 3 aliphatic heterocycles. The molecule has 32 heavy (non-hydrogen) atoms. The number of hydrogen-bond donors (Lipinski definition) is 1. The first-order chi connectivity index (χ1) is 15.4. The quantitative estimate of drug-likeness (QED) is 0.605. The molecule has 1 N–H and O–H groups in total. The zero-order valence-electron chi connectivity index (χ0n) is 19.3. The van der Waals surface area contributed by atoms with Gasteiger partial charge in [-0.2, -0.15) is 11.3 Å². The van der Waals surface area contributed by atoms with E-state index >= 15 is 0 Å². The number of piperidine rings is 1. The van der Waals surface area contributed by atoms with Crippen molar-refractivity contribution in [2.75, 3.05) is 33.2 Å². The smallest absolute Gasteiger partial charge is 0.325 e. The number of nitrogens with zero attached hydrogens (tertiary/aromatic N) is 3. The Kier molecular flexibility index (Phi) is 7.20. The van der Waals surface area contributed by atoms with Gasteiger partial charge in [0.25, 0.3) is 5.91 Å². The van der Waals surface area contributed by atoms with Gasteiger partial charge in [-0.3, -0.25) is 14.5 Å². The van der Waals surface area contributed by atoms with Crippen LogP contribution in [0.25, 0.3) is 0 Å². The molecule has 3 aliphatic rings. The summed E-state index contributed by atoms with van der Waals surface area (Å²) in [5, 5.41) is 7.14. The molecular formula is C24H36N4O3S. The third-order valence-electron chi connectivity index (χ3n) is 7.68. The second kappa shape index (κ2) is 9.91. The van der Waals surface area contributed by atoms with E-state index in [4.69, 9.17) is 0 Å². The van der Waals surface area contributed by atoms with E-state index < -0.39 is 5.54 Å². The van der Waals surface area contributed by atoms with Crippen LogP contribution in [0.4, 0.5) is 4.79 Å². The fourth-order valence-electron chi connectivity index (χ4n) is 5.82. The Balaban J connectivity index is 1.38. The van der Waals surface area contributed by atoms with Gasteiger partial charge < -0.3 is 15.1 Å². The number of amides is 4. The third kappa shape index (κ3) is 4.57. The molecule has 0 aliphatic carbocycles. The lowest BCUT2D eigenvalue weighted by atomic mass is 9.74. The lowest BCUT2D eigenvalue weighted by Gasteiger charge is -2.41. The molecule has 4 amide bonds. The van der Waals surface area contributed by atoms with Crippen molar-refractivity contribution in [3.05, 3.63) is 22.4 Å². The van der Waals surface area contributed by atoms with Crippen molar-refractivity contribution >= 4 is 29.2 Å².